The van der Waals surface area contributed by atoms with E-state index in [0.29, 0.717) is 53.1 Å². The lowest BCUT2D eigenvalue weighted by Gasteiger charge is -2.19. The van der Waals surface area contributed by atoms with Crippen LogP contribution in [0.3, 0.4) is 0 Å². The predicted octanol–water partition coefficient (Wildman–Crippen LogP) is 5.05. The first-order valence-electron chi connectivity index (χ1n) is 12.9. The third-order valence-electron chi connectivity index (χ3n) is 7.15. The number of aromatic amines is 1. The number of rotatable bonds is 6. The number of carbonyl (C=O) groups excluding carboxylic acids is 2. The Morgan fingerprint density at radius 1 is 1.12 bits per heavy atom. The minimum Gasteiger partial charge on any atom is -0.489 e. The summed E-state index contributed by atoms with van der Waals surface area (Å²) in [5, 5.41) is 10.6. The largest absolute Gasteiger partial charge is 0.489 e. The van der Waals surface area contributed by atoms with Crippen molar-refractivity contribution in [3.8, 4) is 17.2 Å². The molecule has 0 radical (unpaired) electrons. The lowest BCUT2D eigenvalue weighted by atomic mass is 10.1. The highest BCUT2D eigenvalue weighted by atomic mass is 19.4. The van der Waals surface area contributed by atoms with Gasteiger partial charge >= 0.3 is 12.1 Å². The second kappa shape index (κ2) is 10.8. The molecule has 4 aromatic rings. The molecule has 3 aliphatic rings. The number of carboxylic acids is 1. The summed E-state index contributed by atoms with van der Waals surface area (Å²) < 4.78 is 55.3. The normalized spacial score (nSPS) is 19.7. The second-order valence-electron chi connectivity index (χ2n) is 9.85. The third-order valence-corrected chi connectivity index (χ3v) is 7.15. The highest BCUT2D eigenvalue weighted by molar-refractivity contribution is 5.93. The van der Waals surface area contributed by atoms with E-state index < -0.39 is 17.7 Å². The van der Waals surface area contributed by atoms with Gasteiger partial charge in [-0.3, -0.25) is 9.59 Å². The topological polar surface area (TPSA) is 153 Å². The Morgan fingerprint density at radius 2 is 1.95 bits per heavy atom. The molecule has 2 aromatic heterocycles. The number of halogens is 3. The average molecular weight is 595 g/mol. The van der Waals surface area contributed by atoms with Crippen LogP contribution in [-0.2, 0) is 31.7 Å². The van der Waals surface area contributed by atoms with Gasteiger partial charge in [0.15, 0.2) is 0 Å². The van der Waals surface area contributed by atoms with Gasteiger partial charge in [-0.2, -0.15) is 13.2 Å². The van der Waals surface area contributed by atoms with E-state index in [9.17, 15) is 27.6 Å². The number of imidazole rings is 1. The van der Waals surface area contributed by atoms with E-state index in [2.05, 4.69) is 25.0 Å². The number of alkyl halides is 3. The first-order valence-corrected chi connectivity index (χ1v) is 12.9. The number of ether oxygens (including phenoxy) is 3. The number of pyridine rings is 1. The summed E-state index contributed by atoms with van der Waals surface area (Å²) in [6.45, 7) is 0.138. The van der Waals surface area contributed by atoms with Gasteiger partial charge in [0, 0.05) is 29.7 Å². The van der Waals surface area contributed by atoms with Gasteiger partial charge < -0.3 is 29.6 Å². The first kappa shape index (κ1) is 27.8. The van der Waals surface area contributed by atoms with Crippen molar-refractivity contribution in [2.24, 2.45) is 0 Å². The molecule has 43 heavy (non-hydrogen) atoms. The van der Waals surface area contributed by atoms with Gasteiger partial charge in [-0.05, 0) is 48.9 Å². The molecular weight excluding hydrogens is 573 g/mol. The Balaban J connectivity index is 0.000000365. The van der Waals surface area contributed by atoms with Crippen molar-refractivity contribution in [2.45, 2.75) is 37.0 Å². The van der Waals surface area contributed by atoms with Crippen LogP contribution in [0.4, 0.5) is 19.0 Å². The highest BCUT2D eigenvalue weighted by Crippen LogP contribution is 2.63. The summed E-state index contributed by atoms with van der Waals surface area (Å²) in [5.74, 6) is 1.93. The number of aliphatic carboxylic acids is 1. The summed E-state index contributed by atoms with van der Waals surface area (Å²) >= 11 is 0. The quantitative estimate of drug-likeness (QED) is 0.158. The molecule has 1 saturated carbocycles. The summed E-state index contributed by atoms with van der Waals surface area (Å²) in [4.78, 5) is 42.4. The molecule has 3 N–H and O–H groups in total. The molecule has 3 atom stereocenters. The molecule has 14 heteroatoms. The number of aromatic nitrogens is 3. The molecule has 11 nitrogen and oxygen atoms in total. The number of nitrogens with zero attached hydrogens (tertiary/aromatic N) is 2. The number of hydrogen-bond acceptors (Lipinski definition) is 8. The lowest BCUT2D eigenvalue weighted by molar-refractivity contribution is -0.137. The second-order valence-corrected chi connectivity index (χ2v) is 9.85. The maximum Gasteiger partial charge on any atom is 0.416 e. The number of hydrogen-bond donors (Lipinski definition) is 3. The molecule has 1 amide bonds. The van der Waals surface area contributed by atoms with Crippen LogP contribution in [0, 0.1) is 0 Å². The lowest BCUT2D eigenvalue weighted by Crippen LogP contribution is -2.20. The van der Waals surface area contributed by atoms with Crippen LogP contribution in [0.25, 0.3) is 11.0 Å². The number of carboxylic acid groups (broad SMARTS) is 1. The van der Waals surface area contributed by atoms with Crippen molar-refractivity contribution in [1.29, 1.82) is 0 Å². The number of carbonyl (C=O) groups is 3. The van der Waals surface area contributed by atoms with Gasteiger partial charge in [0.2, 0.25) is 5.91 Å². The molecule has 220 valence electrons. The van der Waals surface area contributed by atoms with Gasteiger partial charge in [0.1, 0.15) is 41.3 Å². The summed E-state index contributed by atoms with van der Waals surface area (Å²) in [7, 11) is 0. The van der Waals surface area contributed by atoms with Gasteiger partial charge in [0.25, 0.3) is 6.47 Å². The van der Waals surface area contributed by atoms with E-state index in [1.807, 2.05) is 18.2 Å². The van der Waals surface area contributed by atoms with Gasteiger partial charge in [-0.25, -0.2) is 14.8 Å². The van der Waals surface area contributed by atoms with Crippen molar-refractivity contribution < 1.29 is 46.9 Å². The number of H-pyrrole nitrogens is 1. The smallest absolute Gasteiger partial charge is 0.416 e. The Labute approximate surface area is 240 Å². The fraction of sp³-hybridized carbons (Fsp3) is 0.207. The van der Waals surface area contributed by atoms with Crippen molar-refractivity contribution in [2.75, 3.05) is 5.32 Å². The van der Waals surface area contributed by atoms with Crippen molar-refractivity contribution >= 4 is 35.2 Å². The Morgan fingerprint density at radius 3 is 2.72 bits per heavy atom. The molecule has 2 aliphatic heterocycles. The first-order chi connectivity index (χ1) is 20.6. The number of fused-ring (bicyclic) bond motifs is 5. The maximum absolute atomic E-state index is 13.1. The maximum atomic E-state index is 13.1. The number of benzene rings is 2. The van der Waals surface area contributed by atoms with Crippen LogP contribution in [0.2, 0.25) is 0 Å². The molecular formula is C29H21F3N4O7. The fourth-order valence-corrected chi connectivity index (χ4v) is 5.20. The monoisotopic (exact) mass is 594 g/mol. The van der Waals surface area contributed by atoms with Gasteiger partial charge in [-0.15, -0.1) is 0 Å². The molecule has 7 rings (SSSR count). The minimum atomic E-state index is -4.41. The molecule has 0 spiro atoms. The van der Waals surface area contributed by atoms with E-state index >= 15 is 0 Å². The van der Waals surface area contributed by atoms with Crippen LogP contribution in [-0.4, -0.2) is 44.5 Å². The summed E-state index contributed by atoms with van der Waals surface area (Å²) in [6.07, 6.45) is -0.507. The molecule has 4 heterocycles. The zero-order valence-corrected chi connectivity index (χ0v) is 21.9. The average Bonchev–Trinajstić information content (AvgIpc) is 3.30. The molecule has 0 unspecified atom stereocenters. The van der Waals surface area contributed by atoms with Crippen molar-refractivity contribution in [1.82, 2.24) is 15.0 Å². The molecule has 0 bridgehead atoms. The van der Waals surface area contributed by atoms with Crippen molar-refractivity contribution in [3.05, 3.63) is 83.5 Å². The zero-order valence-electron chi connectivity index (χ0n) is 21.9. The summed E-state index contributed by atoms with van der Waals surface area (Å²) in [5.41, 5.74) is 1.96. The Hall–Kier alpha value is -5.40. The SMILES string of the molecule is O=C1CCc2c(Oc3ccc4c(c3)[C@@H]3[C@H](O4)[C@H]3c3nc4ccc(C(F)(F)F)cc4[nH]3)ccnc2N1.O=CO/C=C\C(=O)O. The van der Waals surface area contributed by atoms with Crippen LogP contribution in [0.5, 0.6) is 17.2 Å². The number of nitrogens with one attached hydrogen (secondary N) is 2. The highest BCUT2D eigenvalue weighted by Gasteiger charge is 2.61. The van der Waals surface area contributed by atoms with Crippen LogP contribution >= 0.6 is 0 Å². The molecule has 2 aromatic carbocycles. The predicted molar refractivity (Wildman–Crippen MR) is 143 cm³/mol. The fourth-order valence-electron chi connectivity index (χ4n) is 5.20. The minimum absolute atomic E-state index is 0.0434. The number of amides is 1. The third kappa shape index (κ3) is 5.58. The Bertz CT molecular complexity index is 1790. The molecule has 1 aliphatic carbocycles. The van der Waals surface area contributed by atoms with Gasteiger partial charge in [-0.1, -0.05) is 0 Å². The van der Waals surface area contributed by atoms with E-state index in [1.165, 1.54) is 6.07 Å². The zero-order chi connectivity index (χ0) is 30.3. The van der Waals surface area contributed by atoms with Crippen LogP contribution < -0.4 is 14.8 Å². The van der Waals surface area contributed by atoms with E-state index in [-0.39, 0.29) is 30.3 Å². The van der Waals surface area contributed by atoms with Crippen molar-refractivity contribution in [3.63, 3.8) is 0 Å². The number of anilines is 1. The van der Waals surface area contributed by atoms with Crippen LogP contribution in [0.15, 0.2) is 61.0 Å². The molecule has 0 saturated heterocycles. The standard InChI is InChI=1S/C25H17F3N4O3.C4H4O4/c26-25(27,28)11-1-4-15-16(9-11)31-24(30-15)21-20-14-10-12(2-5-17(14)35-22(20)21)34-18-7-8-29-23-13(18)3-6-19(33)32-23;5-3-8-2-1-4(6)7/h1-2,4-5,7-10,20-22H,3,6H2,(H,30,31)(H,29,32,33);1-3H,(H,6,7)/b;2-1-/t20-,21-,22-;/m0./s1. The van der Waals surface area contributed by atoms with E-state index in [1.54, 1.807) is 12.3 Å². The van der Waals surface area contributed by atoms with Gasteiger partial charge in [0.05, 0.1) is 28.6 Å². The van der Waals surface area contributed by atoms with Crippen LogP contribution in [0.1, 0.15) is 40.8 Å². The van der Waals surface area contributed by atoms with E-state index in [0.717, 1.165) is 35.3 Å². The Kier molecular flexibility index (Phi) is 6.96. The molecule has 1 fully saturated rings. The summed E-state index contributed by atoms with van der Waals surface area (Å²) in [6, 6.07) is 10.9. The van der Waals surface area contributed by atoms with E-state index in [4.69, 9.17) is 14.6 Å².